The van der Waals surface area contributed by atoms with Gasteiger partial charge in [-0.2, -0.15) is 15.1 Å². The number of phenolic OH excluding ortho intramolecular Hbond substituents is 2. The first-order valence-electron chi connectivity index (χ1n) is 21.6. The molecule has 1 saturated heterocycles. The molecule has 342 valence electrons. The number of hydrogen-bond donors (Lipinski definition) is 7. The molecule has 66 heavy (non-hydrogen) atoms. The van der Waals surface area contributed by atoms with Crippen LogP contribution in [0, 0.1) is 5.92 Å². The van der Waals surface area contributed by atoms with Crippen molar-refractivity contribution >= 4 is 57.3 Å². The van der Waals surface area contributed by atoms with Gasteiger partial charge in [0.2, 0.25) is 11.9 Å². The monoisotopic (exact) mass is 897 g/mol. The first-order chi connectivity index (χ1) is 31.6. The number of H-pyrrole nitrogens is 1. The first-order valence-corrected chi connectivity index (χ1v) is 21.6. The van der Waals surface area contributed by atoms with Crippen molar-refractivity contribution in [3.05, 3.63) is 100 Å². The van der Waals surface area contributed by atoms with Crippen molar-refractivity contribution in [2.24, 2.45) is 5.92 Å². The van der Waals surface area contributed by atoms with E-state index in [9.17, 15) is 34.5 Å². The van der Waals surface area contributed by atoms with E-state index >= 15 is 0 Å². The number of carboxylic acids is 1. The van der Waals surface area contributed by atoms with Gasteiger partial charge in [-0.15, -0.1) is 0 Å². The van der Waals surface area contributed by atoms with Crippen LogP contribution < -0.4 is 27.4 Å². The number of amides is 2. The predicted octanol–water partition coefficient (Wildman–Crippen LogP) is 4.54. The molecule has 0 saturated carbocycles. The zero-order chi connectivity index (χ0) is 46.8. The number of carbonyl (C=O) groups excluding carboxylic acids is 2. The van der Waals surface area contributed by atoms with E-state index in [0.717, 1.165) is 42.4 Å². The number of hydrogen-bond acceptors (Lipinski definition) is 14. The number of aliphatic carboxylic acids is 1. The molecule has 1 aliphatic rings. The maximum absolute atomic E-state index is 13.2. The van der Waals surface area contributed by atoms with Crippen molar-refractivity contribution < 1.29 is 29.7 Å². The van der Waals surface area contributed by atoms with E-state index in [1.54, 1.807) is 41.4 Å². The van der Waals surface area contributed by atoms with Gasteiger partial charge in [-0.25, -0.2) is 29.2 Å². The summed E-state index contributed by atoms with van der Waals surface area (Å²) in [5.74, 6) is -1.45. The van der Waals surface area contributed by atoms with Crippen LogP contribution in [0.2, 0.25) is 0 Å². The van der Waals surface area contributed by atoms with Crippen molar-refractivity contribution in [2.45, 2.75) is 71.0 Å². The van der Waals surface area contributed by atoms with Crippen molar-refractivity contribution in [1.29, 1.82) is 0 Å². The third-order valence-corrected chi connectivity index (χ3v) is 12.2. The predicted molar refractivity (Wildman–Crippen MR) is 247 cm³/mol. The number of piperidine rings is 1. The van der Waals surface area contributed by atoms with Crippen molar-refractivity contribution in [2.75, 3.05) is 36.5 Å². The molecule has 8 rings (SSSR count). The molecule has 0 bridgehead atoms. The number of aromatic amines is 1. The molecule has 4 aromatic heterocycles. The Kier molecular flexibility index (Phi) is 12.6. The summed E-state index contributed by atoms with van der Waals surface area (Å²) in [5.41, 5.74) is 15.9. The topological polar surface area (TPSA) is 290 Å². The molecule has 5 heterocycles. The smallest absolute Gasteiger partial charge is 0.348 e. The average Bonchev–Trinajstić information content (AvgIpc) is 3.89. The number of aryl methyl sites for hydroxylation is 1. The number of carboxylic acid groups (broad SMARTS) is 1. The minimum atomic E-state index is -1.25. The fraction of sp³-hybridized carbons (Fsp3) is 0.326. The minimum Gasteiger partial charge on any atom is -0.508 e. The van der Waals surface area contributed by atoms with E-state index in [4.69, 9.17) is 11.5 Å². The van der Waals surface area contributed by atoms with Gasteiger partial charge in [0, 0.05) is 67.5 Å². The maximum atomic E-state index is 13.2. The first kappa shape index (κ1) is 44.6. The van der Waals surface area contributed by atoms with Gasteiger partial charge in [-0.1, -0.05) is 13.8 Å². The second-order valence-electron chi connectivity index (χ2n) is 16.9. The van der Waals surface area contributed by atoms with Crippen LogP contribution in [0.4, 0.5) is 17.5 Å². The number of likely N-dealkylation sites (tertiary alicyclic amines) is 1. The molecule has 2 amide bonds. The lowest BCUT2D eigenvalue weighted by Gasteiger charge is -2.32. The highest BCUT2D eigenvalue weighted by atomic mass is 16.4. The molecular formula is C46H51N13O7. The SMILES string of the molecule is CC(C)c1cc(-c2n[nH]c(=O)n2-c2ccc3c(ccn3CCC3CCN(C(=O)CCC(NC(=O)c4ccc(N(C)Cc5cnc6nc(N)nc(N)c6n5)cc4)C(=O)O)CC3)c2)c(O)cc1O. The lowest BCUT2D eigenvalue weighted by atomic mass is 9.93. The molecule has 1 unspecified atom stereocenters. The highest BCUT2D eigenvalue weighted by Gasteiger charge is 2.27. The Bertz CT molecular complexity index is 3010. The number of aromatic hydroxyl groups is 2. The number of nitrogen functional groups attached to an aromatic ring is 2. The highest BCUT2D eigenvalue weighted by Crippen LogP contribution is 2.37. The van der Waals surface area contributed by atoms with Gasteiger partial charge >= 0.3 is 11.7 Å². The summed E-state index contributed by atoms with van der Waals surface area (Å²) in [4.78, 5) is 72.0. The molecule has 1 atom stereocenters. The fourth-order valence-electron chi connectivity index (χ4n) is 8.45. The summed E-state index contributed by atoms with van der Waals surface area (Å²) in [5, 5.41) is 41.2. The lowest BCUT2D eigenvalue weighted by Crippen LogP contribution is -2.43. The number of fused-ring (bicyclic) bond motifs is 2. The molecule has 7 aromatic rings. The summed E-state index contributed by atoms with van der Waals surface area (Å²) in [7, 11) is 1.84. The molecular weight excluding hydrogens is 847 g/mol. The number of rotatable bonds is 15. The van der Waals surface area contributed by atoms with E-state index in [2.05, 4.69) is 40.0 Å². The minimum absolute atomic E-state index is 0.00930. The zero-order valence-corrected chi connectivity index (χ0v) is 36.7. The summed E-state index contributed by atoms with van der Waals surface area (Å²) in [6, 6.07) is 16.0. The van der Waals surface area contributed by atoms with Gasteiger partial charge in [-0.3, -0.25) is 9.59 Å². The van der Waals surface area contributed by atoms with Crippen LogP contribution in [-0.2, 0) is 22.7 Å². The van der Waals surface area contributed by atoms with Crippen LogP contribution >= 0.6 is 0 Å². The van der Waals surface area contributed by atoms with Gasteiger partial charge in [0.1, 0.15) is 17.5 Å². The van der Waals surface area contributed by atoms with Crippen LogP contribution in [0.15, 0.2) is 77.9 Å². The molecule has 1 aliphatic heterocycles. The van der Waals surface area contributed by atoms with Crippen LogP contribution in [0.1, 0.15) is 73.5 Å². The molecule has 0 aliphatic carbocycles. The molecule has 20 nitrogen and oxygen atoms in total. The van der Waals surface area contributed by atoms with E-state index in [1.807, 2.05) is 56.3 Å². The Hall–Kier alpha value is -8.03. The lowest BCUT2D eigenvalue weighted by molar-refractivity contribution is -0.139. The molecule has 20 heteroatoms. The molecule has 0 spiro atoms. The van der Waals surface area contributed by atoms with Gasteiger partial charge in [0.05, 0.1) is 29.7 Å². The van der Waals surface area contributed by atoms with Crippen LogP contribution in [-0.4, -0.2) is 103 Å². The Morgan fingerprint density at radius 2 is 1.73 bits per heavy atom. The van der Waals surface area contributed by atoms with E-state index < -0.39 is 23.6 Å². The van der Waals surface area contributed by atoms with Gasteiger partial charge in [0.25, 0.3) is 5.91 Å². The standard InChI is InChI=1S/C46H51N13O7/c1-25(2)32-21-33(37(61)22-36(32)60)42-54-55-46(66)59(42)31-8-10-35-28(20-31)15-19-57(35)16-12-26-13-17-58(18-14-26)38(62)11-9-34(44(64)65)51-43(63)27-4-6-30(7-5-27)56(3)24-29-23-49-41-39(50-29)40(47)52-45(48)53-41/h4-8,10,15,19-23,25-26,34,60-61H,9,11-14,16-18,24H2,1-3H3,(H,51,63)(H,55,66)(H,64,65)(H4,47,48,49,52,53). The summed E-state index contributed by atoms with van der Waals surface area (Å²) < 4.78 is 3.57. The second-order valence-corrected chi connectivity index (χ2v) is 16.9. The summed E-state index contributed by atoms with van der Waals surface area (Å²) in [6.45, 7) is 6.08. The van der Waals surface area contributed by atoms with Crippen molar-refractivity contribution in [3.63, 3.8) is 0 Å². The highest BCUT2D eigenvalue weighted by molar-refractivity contribution is 5.97. The van der Waals surface area contributed by atoms with Gasteiger partial charge in [0.15, 0.2) is 22.8 Å². The number of carbonyl (C=O) groups is 3. The van der Waals surface area contributed by atoms with Crippen molar-refractivity contribution in [1.82, 2.24) is 49.5 Å². The Morgan fingerprint density at radius 1 is 0.970 bits per heavy atom. The number of phenols is 2. The Balaban J connectivity index is 0.806. The number of benzene rings is 3. The van der Waals surface area contributed by atoms with Crippen LogP contribution in [0.3, 0.4) is 0 Å². The molecule has 3 aromatic carbocycles. The summed E-state index contributed by atoms with van der Waals surface area (Å²) >= 11 is 0. The number of anilines is 3. The van der Waals surface area contributed by atoms with Gasteiger partial charge in [-0.05, 0) is 97.7 Å². The van der Waals surface area contributed by atoms with Crippen LogP contribution in [0.25, 0.3) is 39.1 Å². The van der Waals surface area contributed by atoms with E-state index in [1.165, 1.54) is 10.6 Å². The van der Waals surface area contributed by atoms with Gasteiger partial charge < -0.3 is 46.5 Å². The molecule has 1 fully saturated rings. The zero-order valence-electron chi connectivity index (χ0n) is 36.7. The number of nitrogens with two attached hydrogens (primary N) is 2. The maximum Gasteiger partial charge on any atom is 0.348 e. The fourth-order valence-corrected chi connectivity index (χ4v) is 8.45. The third kappa shape index (κ3) is 9.42. The largest absolute Gasteiger partial charge is 0.508 e. The van der Waals surface area contributed by atoms with E-state index in [0.29, 0.717) is 59.2 Å². The Labute approximate surface area is 377 Å². The summed E-state index contributed by atoms with van der Waals surface area (Å²) in [6.07, 6.45) is 6.02. The third-order valence-electron chi connectivity index (χ3n) is 12.2. The number of nitrogens with zero attached hydrogens (tertiary/aromatic N) is 9. The number of nitrogens with one attached hydrogen (secondary N) is 2. The second kappa shape index (κ2) is 18.6. The quantitative estimate of drug-likeness (QED) is 0.0743. The molecule has 0 radical (unpaired) electrons. The van der Waals surface area contributed by atoms with E-state index in [-0.39, 0.29) is 59.3 Å². The van der Waals surface area contributed by atoms with Crippen molar-refractivity contribution in [3.8, 4) is 28.6 Å². The molecule has 9 N–H and O–H groups in total. The Morgan fingerprint density at radius 3 is 2.45 bits per heavy atom. The van der Waals surface area contributed by atoms with Crippen LogP contribution in [0.5, 0.6) is 11.5 Å². The number of aromatic nitrogens is 8. The average molecular weight is 898 g/mol. The normalized spacial score (nSPS) is 13.7.